The first-order chi connectivity index (χ1) is 13.9. The molecule has 1 aliphatic rings. The fourth-order valence-corrected chi connectivity index (χ4v) is 4.12. The first-order valence-electron chi connectivity index (χ1n) is 11.2. The molecule has 0 amide bonds. The monoisotopic (exact) mass is 380 g/mol. The van der Waals surface area contributed by atoms with Gasteiger partial charge in [-0.2, -0.15) is 0 Å². The van der Waals surface area contributed by atoms with Gasteiger partial charge in [-0.25, -0.2) is 0 Å². The third-order valence-corrected chi connectivity index (χ3v) is 5.76. The summed E-state index contributed by atoms with van der Waals surface area (Å²) in [5.41, 5.74) is 5.78. The van der Waals surface area contributed by atoms with Crippen molar-refractivity contribution in [2.75, 3.05) is 20.0 Å². The Morgan fingerprint density at radius 1 is 0.821 bits per heavy atom. The van der Waals surface area contributed by atoms with Crippen molar-refractivity contribution >= 4 is 0 Å². The summed E-state index contributed by atoms with van der Waals surface area (Å²) in [6.07, 6.45) is 11.3. The highest BCUT2D eigenvalue weighted by atomic mass is 16.7. The van der Waals surface area contributed by atoms with Gasteiger partial charge in [0.2, 0.25) is 0 Å². The summed E-state index contributed by atoms with van der Waals surface area (Å²) in [6.45, 7) is 4.51. The van der Waals surface area contributed by atoms with E-state index in [2.05, 4.69) is 55.5 Å². The van der Waals surface area contributed by atoms with Crippen LogP contribution in [-0.4, -0.2) is 20.0 Å². The number of aryl methyl sites for hydroxylation is 2. The molecule has 1 heterocycles. The molecular formula is C26H36O2. The molecule has 0 radical (unpaired) electrons. The van der Waals surface area contributed by atoms with Gasteiger partial charge in [-0.1, -0.05) is 81.1 Å². The van der Waals surface area contributed by atoms with Crippen molar-refractivity contribution in [3.63, 3.8) is 0 Å². The third-order valence-electron chi connectivity index (χ3n) is 5.76. The van der Waals surface area contributed by atoms with Crippen LogP contribution in [0.1, 0.15) is 63.0 Å². The molecule has 0 spiro atoms. The number of hydrogen-bond acceptors (Lipinski definition) is 2. The Labute approximate surface area is 171 Å². The van der Waals surface area contributed by atoms with Crippen molar-refractivity contribution in [2.45, 2.75) is 64.7 Å². The van der Waals surface area contributed by atoms with Crippen molar-refractivity contribution in [1.82, 2.24) is 0 Å². The van der Waals surface area contributed by atoms with E-state index in [9.17, 15) is 0 Å². The van der Waals surface area contributed by atoms with Gasteiger partial charge in [0.1, 0.15) is 6.79 Å². The Kier molecular flexibility index (Phi) is 9.06. The molecular weight excluding hydrogens is 344 g/mol. The predicted octanol–water partition coefficient (Wildman–Crippen LogP) is 6.81. The number of hydrogen-bond donors (Lipinski definition) is 0. The highest BCUT2D eigenvalue weighted by Gasteiger charge is 2.13. The molecule has 0 aliphatic carbocycles. The topological polar surface area (TPSA) is 18.5 Å². The van der Waals surface area contributed by atoms with Crippen LogP contribution in [0.4, 0.5) is 0 Å². The van der Waals surface area contributed by atoms with Gasteiger partial charge in [0, 0.05) is 5.92 Å². The molecule has 1 saturated heterocycles. The Hall–Kier alpha value is -1.64. The lowest BCUT2D eigenvalue weighted by Gasteiger charge is -2.22. The largest absolute Gasteiger partial charge is 0.355 e. The summed E-state index contributed by atoms with van der Waals surface area (Å²) >= 11 is 0. The van der Waals surface area contributed by atoms with E-state index in [0.717, 1.165) is 13.2 Å². The third kappa shape index (κ3) is 6.76. The molecule has 0 bridgehead atoms. The molecule has 1 fully saturated rings. The summed E-state index contributed by atoms with van der Waals surface area (Å²) in [7, 11) is 0. The van der Waals surface area contributed by atoms with Crippen LogP contribution in [0.2, 0.25) is 0 Å². The quantitative estimate of drug-likeness (QED) is 0.399. The molecule has 2 aromatic rings. The standard InChI is InChI=1S/C26H36O2/c1-2-3-6-15-25-18-22(16-17-26(25)24-13-9-5-10-14-24)11-7-4-8-12-23-19-27-21-28-20-23/h5,9-10,13-14,16-18,23H,2-4,6-8,11-12,15,19-21H2,1H3. The second-order valence-corrected chi connectivity index (χ2v) is 8.14. The highest BCUT2D eigenvalue weighted by Crippen LogP contribution is 2.27. The smallest absolute Gasteiger partial charge is 0.146 e. The second kappa shape index (κ2) is 12.0. The molecule has 2 heteroatoms. The van der Waals surface area contributed by atoms with Gasteiger partial charge in [-0.05, 0) is 54.4 Å². The highest BCUT2D eigenvalue weighted by molar-refractivity contribution is 5.67. The van der Waals surface area contributed by atoms with E-state index in [4.69, 9.17) is 9.47 Å². The maximum atomic E-state index is 5.39. The van der Waals surface area contributed by atoms with Gasteiger partial charge in [0.05, 0.1) is 13.2 Å². The molecule has 0 N–H and O–H groups in total. The van der Waals surface area contributed by atoms with Crippen LogP contribution in [0, 0.1) is 5.92 Å². The predicted molar refractivity (Wildman–Crippen MR) is 118 cm³/mol. The number of unbranched alkanes of at least 4 members (excludes halogenated alkanes) is 4. The summed E-state index contributed by atoms with van der Waals surface area (Å²) in [4.78, 5) is 0. The van der Waals surface area contributed by atoms with Crippen molar-refractivity contribution in [3.8, 4) is 11.1 Å². The van der Waals surface area contributed by atoms with Gasteiger partial charge >= 0.3 is 0 Å². The lowest BCUT2D eigenvalue weighted by molar-refractivity contribution is -0.127. The summed E-state index contributed by atoms with van der Waals surface area (Å²) in [5, 5.41) is 0. The molecule has 0 saturated carbocycles. The molecule has 2 nitrogen and oxygen atoms in total. The van der Waals surface area contributed by atoms with E-state index in [1.807, 2.05) is 0 Å². The normalized spacial score (nSPS) is 15.0. The second-order valence-electron chi connectivity index (χ2n) is 8.14. The van der Waals surface area contributed by atoms with Crippen LogP contribution in [0.25, 0.3) is 11.1 Å². The van der Waals surface area contributed by atoms with E-state index >= 15 is 0 Å². The Balaban J connectivity index is 1.53. The minimum absolute atomic E-state index is 0.482. The van der Waals surface area contributed by atoms with Crippen molar-refractivity contribution in [3.05, 3.63) is 59.7 Å². The molecule has 2 aromatic carbocycles. The van der Waals surface area contributed by atoms with Crippen molar-refractivity contribution in [1.29, 1.82) is 0 Å². The van der Waals surface area contributed by atoms with Gasteiger partial charge in [0.25, 0.3) is 0 Å². The zero-order valence-corrected chi connectivity index (χ0v) is 17.5. The van der Waals surface area contributed by atoms with Crippen LogP contribution >= 0.6 is 0 Å². The van der Waals surface area contributed by atoms with Gasteiger partial charge in [0.15, 0.2) is 0 Å². The summed E-state index contributed by atoms with van der Waals surface area (Å²) in [5.74, 6) is 0.601. The first kappa shape index (κ1) is 21.1. The molecule has 1 aliphatic heterocycles. The summed E-state index contributed by atoms with van der Waals surface area (Å²) < 4.78 is 10.8. The van der Waals surface area contributed by atoms with Crippen LogP contribution in [0.3, 0.4) is 0 Å². The SMILES string of the molecule is CCCCCc1cc(CCCCCC2COCOC2)ccc1-c1ccccc1. The molecule has 28 heavy (non-hydrogen) atoms. The van der Waals surface area contributed by atoms with Gasteiger partial charge in [-0.3, -0.25) is 0 Å². The fourth-order valence-electron chi connectivity index (χ4n) is 4.12. The van der Waals surface area contributed by atoms with Crippen LogP contribution < -0.4 is 0 Å². The number of benzene rings is 2. The maximum absolute atomic E-state index is 5.39. The van der Waals surface area contributed by atoms with Crippen molar-refractivity contribution < 1.29 is 9.47 Å². The van der Waals surface area contributed by atoms with E-state index in [0.29, 0.717) is 12.7 Å². The van der Waals surface area contributed by atoms with Gasteiger partial charge in [-0.15, -0.1) is 0 Å². The van der Waals surface area contributed by atoms with Crippen molar-refractivity contribution in [2.24, 2.45) is 5.92 Å². The van der Waals surface area contributed by atoms with E-state index < -0.39 is 0 Å². The summed E-state index contributed by atoms with van der Waals surface area (Å²) in [6, 6.07) is 18.0. The first-order valence-corrected chi connectivity index (χ1v) is 11.2. The Morgan fingerprint density at radius 2 is 1.61 bits per heavy atom. The lowest BCUT2D eigenvalue weighted by Crippen LogP contribution is -2.23. The van der Waals surface area contributed by atoms with Crippen LogP contribution in [-0.2, 0) is 22.3 Å². The number of ether oxygens (including phenoxy) is 2. The Morgan fingerprint density at radius 3 is 2.39 bits per heavy atom. The molecule has 0 unspecified atom stereocenters. The van der Waals surface area contributed by atoms with E-state index in [1.54, 1.807) is 0 Å². The number of rotatable bonds is 11. The van der Waals surface area contributed by atoms with Gasteiger partial charge < -0.3 is 9.47 Å². The fraction of sp³-hybridized carbons (Fsp3) is 0.538. The Bertz CT molecular complexity index is 674. The van der Waals surface area contributed by atoms with Crippen LogP contribution in [0.15, 0.2) is 48.5 Å². The minimum atomic E-state index is 0.482. The lowest BCUT2D eigenvalue weighted by atomic mass is 9.92. The van der Waals surface area contributed by atoms with Crippen LogP contribution in [0.5, 0.6) is 0 Å². The molecule has 0 aromatic heterocycles. The minimum Gasteiger partial charge on any atom is -0.355 e. The molecule has 3 rings (SSSR count). The molecule has 152 valence electrons. The van der Waals surface area contributed by atoms with E-state index in [-0.39, 0.29) is 0 Å². The zero-order valence-electron chi connectivity index (χ0n) is 17.5. The van der Waals surface area contributed by atoms with E-state index in [1.165, 1.54) is 80.0 Å². The zero-order chi connectivity index (χ0) is 19.4. The average Bonchev–Trinajstić information content (AvgIpc) is 2.75. The average molecular weight is 381 g/mol. The maximum Gasteiger partial charge on any atom is 0.146 e. The molecule has 0 atom stereocenters.